The molecule has 0 bridgehead atoms. The molecule has 0 spiro atoms. The van der Waals surface area contributed by atoms with Crippen LogP contribution >= 0.6 is 0 Å². The molecule has 3 N–H and O–H groups in total. The summed E-state index contributed by atoms with van der Waals surface area (Å²) in [6.45, 7) is 12.4. The number of nitrogens with zero attached hydrogens (tertiary/aromatic N) is 1. The molecule has 0 heterocycles. The fraction of sp³-hybridized carbons (Fsp3) is 0.679. The Morgan fingerprint density at radius 3 is 2.31 bits per heavy atom. The second kappa shape index (κ2) is 13.1. The van der Waals surface area contributed by atoms with Crippen molar-refractivity contribution in [2.24, 2.45) is 5.92 Å². The van der Waals surface area contributed by atoms with Crippen LogP contribution in [0.4, 0.5) is 4.79 Å². The van der Waals surface area contributed by atoms with E-state index in [4.69, 9.17) is 4.74 Å². The Morgan fingerprint density at radius 1 is 1.11 bits per heavy atom. The smallest absolute Gasteiger partial charge is 0.408 e. The summed E-state index contributed by atoms with van der Waals surface area (Å²) >= 11 is 0. The topological polar surface area (TPSA) is 108 Å². The number of aliphatic hydroxyl groups excluding tert-OH is 1. The molecular weight excluding hydrogens is 458 g/mol. The van der Waals surface area contributed by atoms with Crippen molar-refractivity contribution in [3.05, 3.63) is 34.9 Å². The number of hydrogen-bond donors (Lipinski definition) is 3. The van der Waals surface area contributed by atoms with Crippen molar-refractivity contribution < 1.29 is 24.2 Å². The number of hydrogen-bond acceptors (Lipinski definition) is 5. The summed E-state index contributed by atoms with van der Waals surface area (Å²) in [6, 6.07) is 4.02. The van der Waals surface area contributed by atoms with E-state index in [2.05, 4.69) is 10.6 Å². The van der Waals surface area contributed by atoms with Crippen molar-refractivity contribution >= 4 is 17.9 Å². The van der Waals surface area contributed by atoms with Crippen LogP contribution in [0.15, 0.2) is 18.2 Å². The van der Waals surface area contributed by atoms with Crippen molar-refractivity contribution in [2.45, 2.75) is 104 Å². The van der Waals surface area contributed by atoms with Crippen LogP contribution in [0.5, 0.6) is 0 Å². The quantitative estimate of drug-likeness (QED) is 0.469. The molecule has 2 unspecified atom stereocenters. The first kappa shape index (κ1) is 29.6. The minimum Gasteiger partial charge on any atom is -0.444 e. The number of amides is 3. The van der Waals surface area contributed by atoms with Crippen molar-refractivity contribution in [1.29, 1.82) is 0 Å². The maximum absolute atomic E-state index is 13.9. The molecule has 202 valence electrons. The van der Waals surface area contributed by atoms with Gasteiger partial charge < -0.3 is 25.4 Å². The summed E-state index contributed by atoms with van der Waals surface area (Å²) < 4.78 is 5.39. The van der Waals surface area contributed by atoms with Gasteiger partial charge in [-0.15, -0.1) is 0 Å². The van der Waals surface area contributed by atoms with Gasteiger partial charge in [-0.2, -0.15) is 0 Å². The first-order valence-electron chi connectivity index (χ1n) is 13.1. The van der Waals surface area contributed by atoms with Crippen LogP contribution in [0, 0.1) is 19.8 Å². The molecule has 0 saturated heterocycles. The number of aryl methyl sites for hydroxylation is 2. The third kappa shape index (κ3) is 8.50. The number of carbonyl (C=O) groups is 3. The van der Waals surface area contributed by atoms with Crippen LogP contribution in [0.3, 0.4) is 0 Å². The van der Waals surface area contributed by atoms with Crippen molar-refractivity contribution in [3.8, 4) is 0 Å². The molecule has 2 rings (SSSR count). The molecule has 0 radical (unpaired) electrons. The molecule has 1 aromatic rings. The highest BCUT2D eigenvalue weighted by molar-refractivity contribution is 5.92. The predicted molar refractivity (Wildman–Crippen MR) is 140 cm³/mol. The van der Waals surface area contributed by atoms with E-state index in [-0.39, 0.29) is 31.0 Å². The molecule has 8 nitrogen and oxygen atoms in total. The van der Waals surface area contributed by atoms with Gasteiger partial charge in [-0.1, -0.05) is 56.9 Å². The second-order valence-electron chi connectivity index (χ2n) is 11.2. The number of carbonyl (C=O) groups excluding carboxylic acids is 3. The van der Waals surface area contributed by atoms with Gasteiger partial charge in [0, 0.05) is 12.6 Å². The Balaban J connectivity index is 2.46. The maximum Gasteiger partial charge on any atom is 0.408 e. The summed E-state index contributed by atoms with van der Waals surface area (Å²) in [4.78, 5) is 41.7. The number of alkyl carbamates (subject to hydrolysis) is 1. The van der Waals surface area contributed by atoms with Crippen LogP contribution < -0.4 is 10.6 Å². The van der Waals surface area contributed by atoms with Crippen LogP contribution in [0.1, 0.15) is 89.5 Å². The molecule has 1 aliphatic carbocycles. The SMILES string of the molecule is Cc1ccc(C)c(C(C(=O)NC2CCCCC2)N(CCO)C(=O)C(NC(=O)OC(C)(C)C)C(C)C)c1. The first-order chi connectivity index (χ1) is 16.8. The van der Waals surface area contributed by atoms with Gasteiger partial charge >= 0.3 is 6.09 Å². The van der Waals surface area contributed by atoms with Gasteiger partial charge in [-0.3, -0.25) is 9.59 Å². The van der Waals surface area contributed by atoms with Crippen molar-refractivity contribution in [2.75, 3.05) is 13.2 Å². The zero-order valence-corrected chi connectivity index (χ0v) is 23.0. The molecular formula is C28H45N3O5. The largest absolute Gasteiger partial charge is 0.444 e. The average molecular weight is 504 g/mol. The Morgan fingerprint density at radius 2 is 1.75 bits per heavy atom. The van der Waals surface area contributed by atoms with Gasteiger partial charge in [0.1, 0.15) is 17.7 Å². The summed E-state index contributed by atoms with van der Waals surface area (Å²) in [5.74, 6) is -0.973. The second-order valence-corrected chi connectivity index (χ2v) is 11.2. The Hall–Kier alpha value is -2.61. The van der Waals surface area contributed by atoms with E-state index in [0.29, 0.717) is 5.56 Å². The lowest BCUT2D eigenvalue weighted by atomic mass is 9.92. The highest BCUT2D eigenvalue weighted by Crippen LogP contribution is 2.28. The van der Waals surface area contributed by atoms with Crippen molar-refractivity contribution in [1.82, 2.24) is 15.5 Å². The number of aliphatic hydroxyl groups is 1. The monoisotopic (exact) mass is 503 g/mol. The van der Waals surface area contributed by atoms with E-state index >= 15 is 0 Å². The molecule has 2 atom stereocenters. The number of nitrogens with one attached hydrogen (secondary N) is 2. The van der Waals surface area contributed by atoms with E-state index in [1.807, 2.05) is 45.9 Å². The molecule has 1 aliphatic rings. The highest BCUT2D eigenvalue weighted by Gasteiger charge is 2.38. The molecule has 0 aliphatic heterocycles. The molecule has 8 heteroatoms. The fourth-order valence-corrected chi connectivity index (χ4v) is 4.63. The third-order valence-corrected chi connectivity index (χ3v) is 6.47. The van der Waals surface area contributed by atoms with Crippen LogP contribution in [0.2, 0.25) is 0 Å². The average Bonchev–Trinajstić information content (AvgIpc) is 2.78. The zero-order chi connectivity index (χ0) is 27.0. The van der Waals surface area contributed by atoms with Crippen LogP contribution in [0.25, 0.3) is 0 Å². The first-order valence-corrected chi connectivity index (χ1v) is 13.1. The van der Waals surface area contributed by atoms with Gasteiger partial charge in [-0.05, 0) is 64.5 Å². The third-order valence-electron chi connectivity index (χ3n) is 6.47. The molecule has 0 aromatic heterocycles. The Kier molecular flexibility index (Phi) is 10.8. The summed E-state index contributed by atoms with van der Waals surface area (Å²) in [7, 11) is 0. The Labute approximate surface area is 216 Å². The van der Waals surface area contributed by atoms with E-state index < -0.39 is 29.7 Å². The predicted octanol–water partition coefficient (Wildman–Crippen LogP) is 4.16. The molecule has 1 saturated carbocycles. The van der Waals surface area contributed by atoms with Crippen LogP contribution in [-0.2, 0) is 14.3 Å². The summed E-state index contributed by atoms with van der Waals surface area (Å²) in [6.07, 6.45) is 4.41. The number of rotatable bonds is 9. The summed E-state index contributed by atoms with van der Waals surface area (Å²) in [5.41, 5.74) is 1.83. The standard InChI is InChI=1S/C28H45N3O5/c1-18(2)23(30-27(35)36-28(5,6)7)26(34)31(15-16-32)24(22-17-19(3)13-14-20(22)4)25(33)29-21-11-9-8-10-12-21/h13-14,17-18,21,23-24,32H,8-12,15-16H2,1-7H3,(H,29,33)(H,30,35). The Bertz CT molecular complexity index is 903. The zero-order valence-electron chi connectivity index (χ0n) is 23.0. The van der Waals surface area contributed by atoms with Crippen molar-refractivity contribution in [3.63, 3.8) is 0 Å². The van der Waals surface area contributed by atoms with Gasteiger partial charge in [0.05, 0.1) is 6.61 Å². The number of benzene rings is 1. The molecule has 36 heavy (non-hydrogen) atoms. The highest BCUT2D eigenvalue weighted by atomic mass is 16.6. The van der Waals surface area contributed by atoms with E-state index in [1.54, 1.807) is 20.8 Å². The lowest BCUT2D eigenvalue weighted by molar-refractivity contribution is -0.144. The number of ether oxygens (including phenoxy) is 1. The minimum atomic E-state index is -0.937. The minimum absolute atomic E-state index is 0.0474. The molecule has 3 amide bonds. The van der Waals surface area contributed by atoms with E-state index in [0.717, 1.165) is 43.2 Å². The lowest BCUT2D eigenvalue weighted by Crippen LogP contribution is -2.56. The lowest BCUT2D eigenvalue weighted by Gasteiger charge is -2.37. The van der Waals surface area contributed by atoms with E-state index in [1.165, 1.54) is 4.90 Å². The molecule has 1 fully saturated rings. The van der Waals surface area contributed by atoms with Gasteiger partial charge in [0.15, 0.2) is 0 Å². The van der Waals surface area contributed by atoms with Crippen LogP contribution in [-0.4, -0.2) is 58.8 Å². The summed E-state index contributed by atoms with van der Waals surface area (Å²) in [5, 5.41) is 15.8. The van der Waals surface area contributed by atoms with E-state index in [9.17, 15) is 19.5 Å². The normalized spacial score (nSPS) is 16.2. The van der Waals surface area contributed by atoms with Gasteiger partial charge in [0.2, 0.25) is 11.8 Å². The fourth-order valence-electron chi connectivity index (χ4n) is 4.63. The van der Waals surface area contributed by atoms with Gasteiger partial charge in [0.25, 0.3) is 0 Å². The molecule has 1 aromatic carbocycles. The van der Waals surface area contributed by atoms with Gasteiger partial charge in [-0.25, -0.2) is 4.79 Å². The maximum atomic E-state index is 13.9.